The van der Waals surface area contributed by atoms with Crippen LogP contribution in [0.2, 0.25) is 0 Å². The maximum atomic E-state index is 11.7. The summed E-state index contributed by atoms with van der Waals surface area (Å²) < 4.78 is 10.9. The van der Waals surface area contributed by atoms with Crippen LogP contribution in [-0.2, 0) is 19.1 Å². The van der Waals surface area contributed by atoms with Gasteiger partial charge in [-0.05, 0) is 18.9 Å². The van der Waals surface area contributed by atoms with Crippen LogP contribution in [0.5, 0.6) is 0 Å². The fraction of sp³-hybridized carbons (Fsp3) is 0.600. The quantitative estimate of drug-likeness (QED) is 0.421. The lowest BCUT2D eigenvalue weighted by molar-refractivity contribution is -0.154. The van der Waals surface area contributed by atoms with Crippen LogP contribution in [0, 0.1) is 5.92 Å². The van der Waals surface area contributed by atoms with Crippen molar-refractivity contribution in [1.29, 1.82) is 0 Å². The number of hydroxylamine groups is 1. The zero-order valence-electron chi connectivity index (χ0n) is 13.2. The minimum absolute atomic E-state index is 0.175. The number of rotatable bonds is 7. The van der Waals surface area contributed by atoms with Gasteiger partial charge in [0.05, 0.1) is 17.7 Å². The van der Waals surface area contributed by atoms with Gasteiger partial charge in [0.2, 0.25) is 5.91 Å². The Hall–Kier alpha value is -1.86. The van der Waals surface area contributed by atoms with Crippen molar-refractivity contribution < 1.29 is 24.3 Å². The maximum Gasteiger partial charge on any atom is 0.308 e. The third kappa shape index (κ3) is 5.50. The highest BCUT2D eigenvalue weighted by Gasteiger charge is 2.31. The molecule has 0 aliphatic carbocycles. The second-order valence-corrected chi connectivity index (χ2v) is 5.45. The van der Waals surface area contributed by atoms with Crippen molar-refractivity contribution in [2.45, 2.75) is 45.9 Å². The van der Waals surface area contributed by atoms with Gasteiger partial charge in [-0.3, -0.25) is 25.2 Å². The van der Waals surface area contributed by atoms with Gasteiger partial charge >= 0.3 is 5.97 Å². The number of esters is 1. The summed E-state index contributed by atoms with van der Waals surface area (Å²) in [6.45, 7) is 8.68. The predicted molar refractivity (Wildman–Crippen MR) is 79.4 cm³/mol. The molecule has 7 heteroatoms. The number of nitrogens with one attached hydrogen (secondary N) is 1. The third-order valence-electron chi connectivity index (χ3n) is 3.22. The van der Waals surface area contributed by atoms with E-state index < -0.39 is 6.23 Å². The van der Waals surface area contributed by atoms with Gasteiger partial charge in [0.25, 0.3) is 0 Å². The average molecular weight is 312 g/mol. The smallest absolute Gasteiger partial charge is 0.308 e. The summed E-state index contributed by atoms with van der Waals surface area (Å²) in [5.74, 6) is -0.627. The molecule has 1 fully saturated rings. The Bertz CT molecular complexity index is 447. The Balaban J connectivity index is 2.54. The molecule has 2 unspecified atom stereocenters. The summed E-state index contributed by atoms with van der Waals surface area (Å²) in [5, 5.41) is 8.68. The highest BCUT2D eigenvalue weighted by molar-refractivity contribution is 5.74. The number of amides is 1. The van der Waals surface area contributed by atoms with E-state index >= 15 is 0 Å². The van der Waals surface area contributed by atoms with Crippen LogP contribution in [-0.4, -0.2) is 40.9 Å². The van der Waals surface area contributed by atoms with Crippen LogP contribution in [0.4, 0.5) is 0 Å². The molecule has 0 saturated carbocycles. The summed E-state index contributed by atoms with van der Waals surface area (Å²) in [7, 11) is 0. The molecule has 1 aliphatic heterocycles. The molecule has 1 aliphatic rings. The molecule has 0 spiro atoms. The number of carbonyl (C=O) groups is 2. The Morgan fingerprint density at radius 3 is 2.73 bits per heavy atom. The van der Waals surface area contributed by atoms with E-state index in [0.717, 1.165) is 0 Å². The second-order valence-electron chi connectivity index (χ2n) is 5.45. The van der Waals surface area contributed by atoms with Crippen molar-refractivity contribution in [2.24, 2.45) is 5.92 Å². The number of hydrogen-bond donors (Lipinski definition) is 2. The normalized spacial score (nSPS) is 21.1. The van der Waals surface area contributed by atoms with Gasteiger partial charge in [0.1, 0.15) is 12.8 Å². The van der Waals surface area contributed by atoms with Crippen LogP contribution in [0.1, 0.15) is 33.6 Å². The van der Waals surface area contributed by atoms with Crippen LogP contribution >= 0.6 is 0 Å². The summed E-state index contributed by atoms with van der Waals surface area (Å²) in [6, 6.07) is 0. The van der Waals surface area contributed by atoms with E-state index in [1.807, 2.05) is 5.48 Å². The van der Waals surface area contributed by atoms with Crippen molar-refractivity contribution >= 4 is 11.9 Å². The Morgan fingerprint density at radius 2 is 2.18 bits per heavy atom. The molecule has 22 heavy (non-hydrogen) atoms. The third-order valence-corrected chi connectivity index (χ3v) is 3.22. The second kappa shape index (κ2) is 8.55. The number of hydrogen-bond acceptors (Lipinski definition) is 6. The molecule has 1 amide bonds. The summed E-state index contributed by atoms with van der Waals surface area (Å²) >= 11 is 0. The molecule has 2 atom stereocenters. The number of nitrogens with zero attached hydrogens (tertiary/aromatic N) is 1. The summed E-state index contributed by atoms with van der Waals surface area (Å²) in [4.78, 5) is 24.6. The first-order valence-corrected chi connectivity index (χ1v) is 7.23. The van der Waals surface area contributed by atoms with E-state index in [9.17, 15) is 9.59 Å². The molecular weight excluding hydrogens is 288 g/mol. The molecule has 0 aromatic carbocycles. The first kappa shape index (κ1) is 18.2. The topological polar surface area (TPSA) is 88.1 Å². The molecule has 1 heterocycles. The standard InChI is InChI=1S/C15H24N2O5/c1-10(2)15(19)21-9-13-5-6-14(22-13)17(12(4)18)8-7-11(3)16-20/h7-8,10,13-14,16,20H,3,5-6,9H2,1-2,4H3/b8-7-. The monoisotopic (exact) mass is 312 g/mol. The minimum Gasteiger partial charge on any atom is -0.463 e. The van der Waals surface area contributed by atoms with Crippen molar-refractivity contribution in [2.75, 3.05) is 6.61 Å². The Labute approximate surface area is 130 Å². The zero-order chi connectivity index (χ0) is 16.7. The molecule has 0 aromatic heterocycles. The van der Waals surface area contributed by atoms with Gasteiger partial charge in [-0.1, -0.05) is 20.4 Å². The first-order chi connectivity index (χ1) is 10.3. The van der Waals surface area contributed by atoms with E-state index in [4.69, 9.17) is 14.7 Å². The molecule has 0 bridgehead atoms. The SMILES string of the molecule is C=C(/C=C\N(C(C)=O)C1CCC(COC(=O)C(C)C)O1)NO. The van der Waals surface area contributed by atoms with E-state index in [1.54, 1.807) is 13.8 Å². The Morgan fingerprint density at radius 1 is 1.50 bits per heavy atom. The molecule has 124 valence electrons. The molecule has 1 rings (SSSR count). The molecule has 1 saturated heterocycles. The van der Waals surface area contributed by atoms with E-state index in [-0.39, 0.29) is 36.2 Å². The zero-order valence-corrected chi connectivity index (χ0v) is 13.2. The van der Waals surface area contributed by atoms with Gasteiger partial charge in [-0.25, -0.2) is 0 Å². The van der Waals surface area contributed by atoms with Crippen molar-refractivity contribution in [3.63, 3.8) is 0 Å². The van der Waals surface area contributed by atoms with Crippen LogP contribution < -0.4 is 5.48 Å². The lowest BCUT2D eigenvalue weighted by Gasteiger charge is -2.24. The average Bonchev–Trinajstić information content (AvgIpc) is 2.92. The lowest BCUT2D eigenvalue weighted by Crippen LogP contribution is -2.35. The highest BCUT2D eigenvalue weighted by Crippen LogP contribution is 2.24. The van der Waals surface area contributed by atoms with Gasteiger partial charge in [0, 0.05) is 13.1 Å². The summed E-state index contributed by atoms with van der Waals surface area (Å²) in [6.07, 6.45) is 3.68. The van der Waals surface area contributed by atoms with E-state index in [2.05, 4.69) is 6.58 Å². The fourth-order valence-corrected chi connectivity index (χ4v) is 1.97. The minimum atomic E-state index is -0.414. The van der Waals surface area contributed by atoms with E-state index in [1.165, 1.54) is 24.1 Å². The number of carbonyl (C=O) groups excluding carboxylic acids is 2. The van der Waals surface area contributed by atoms with Crippen molar-refractivity contribution in [3.8, 4) is 0 Å². The van der Waals surface area contributed by atoms with Gasteiger partial charge in [0.15, 0.2) is 0 Å². The summed E-state index contributed by atoms with van der Waals surface area (Å²) in [5.41, 5.74) is 2.14. The molecule has 0 radical (unpaired) electrons. The highest BCUT2D eigenvalue weighted by atomic mass is 16.6. The van der Waals surface area contributed by atoms with Crippen LogP contribution in [0.15, 0.2) is 24.6 Å². The maximum absolute atomic E-state index is 11.7. The fourth-order valence-electron chi connectivity index (χ4n) is 1.97. The van der Waals surface area contributed by atoms with Gasteiger partial charge in [-0.2, -0.15) is 0 Å². The number of ether oxygens (including phenoxy) is 2. The number of allylic oxidation sites excluding steroid dienone is 1. The van der Waals surface area contributed by atoms with Crippen LogP contribution in [0.3, 0.4) is 0 Å². The molecular formula is C15H24N2O5. The van der Waals surface area contributed by atoms with Gasteiger partial charge in [-0.15, -0.1) is 0 Å². The Kier molecular flexibility index (Phi) is 7.07. The van der Waals surface area contributed by atoms with Gasteiger partial charge < -0.3 is 9.47 Å². The largest absolute Gasteiger partial charge is 0.463 e. The van der Waals surface area contributed by atoms with E-state index in [0.29, 0.717) is 12.8 Å². The van der Waals surface area contributed by atoms with Crippen molar-refractivity contribution in [1.82, 2.24) is 10.4 Å². The molecule has 7 nitrogen and oxygen atoms in total. The molecule has 2 N–H and O–H groups in total. The first-order valence-electron chi connectivity index (χ1n) is 7.23. The lowest BCUT2D eigenvalue weighted by atomic mass is 10.2. The molecule has 0 aromatic rings. The van der Waals surface area contributed by atoms with Crippen LogP contribution in [0.25, 0.3) is 0 Å². The predicted octanol–water partition coefficient (Wildman–Crippen LogP) is 1.55. The van der Waals surface area contributed by atoms with Crippen molar-refractivity contribution in [3.05, 3.63) is 24.6 Å².